The number of carbonyl (C=O) groups is 2. The second-order valence-electron chi connectivity index (χ2n) is 9.15. The molecule has 0 saturated heterocycles. The summed E-state index contributed by atoms with van der Waals surface area (Å²) < 4.78 is 16.8. The Balaban J connectivity index is 1.35. The highest BCUT2D eigenvalue weighted by Gasteiger charge is 2.29. The molecule has 5 rings (SSSR count). The maximum absolute atomic E-state index is 12.1. The van der Waals surface area contributed by atoms with Crippen LogP contribution in [0, 0.1) is 6.92 Å². The topological polar surface area (TPSA) is 61.8 Å². The zero-order chi connectivity index (χ0) is 28.6. The van der Waals surface area contributed by atoms with Gasteiger partial charge < -0.3 is 14.2 Å². The molecule has 0 aromatic heterocycles. The highest BCUT2D eigenvalue weighted by molar-refractivity contribution is 7.97. The van der Waals surface area contributed by atoms with E-state index < -0.39 is 11.8 Å². The largest absolute Gasteiger partial charge is 0.460 e. The van der Waals surface area contributed by atoms with Crippen molar-refractivity contribution < 1.29 is 23.8 Å². The summed E-state index contributed by atoms with van der Waals surface area (Å²) in [6.45, 7) is 3.90. The quantitative estimate of drug-likeness (QED) is 0.0741. The number of para-hydroxylation sites is 1. The second-order valence-corrected chi connectivity index (χ2v) is 11.2. The molecule has 0 aliphatic carbocycles. The Bertz CT molecular complexity index is 1600. The molecule has 0 saturated carbocycles. The van der Waals surface area contributed by atoms with Crippen LogP contribution in [0.15, 0.2) is 142 Å². The molecule has 0 amide bonds. The van der Waals surface area contributed by atoms with Gasteiger partial charge in [-0.3, -0.25) is 4.79 Å². The van der Waals surface area contributed by atoms with E-state index in [0.29, 0.717) is 11.5 Å². The van der Waals surface area contributed by atoms with Crippen LogP contribution >= 0.6 is 0 Å². The zero-order valence-corrected chi connectivity index (χ0v) is 23.6. The number of hydrogen-bond acceptors (Lipinski definition) is 5. The molecule has 5 nitrogen and oxygen atoms in total. The maximum Gasteiger partial charge on any atom is 0.379 e. The van der Waals surface area contributed by atoms with Gasteiger partial charge in [-0.1, -0.05) is 35.9 Å². The van der Waals surface area contributed by atoms with Crippen molar-refractivity contribution in [3.05, 3.63) is 139 Å². The van der Waals surface area contributed by atoms with Crippen LogP contribution < -0.4 is 9.47 Å². The number of Topliss-reactive ketones (excluding diaryl/α,β-unsaturated/α-hetero) is 1. The van der Waals surface area contributed by atoms with Gasteiger partial charge in [0.05, 0.1) is 17.5 Å². The van der Waals surface area contributed by atoms with Crippen molar-refractivity contribution in [2.45, 2.75) is 28.5 Å². The summed E-state index contributed by atoms with van der Waals surface area (Å²) in [5, 5.41) is 0. The lowest BCUT2D eigenvalue weighted by Crippen LogP contribution is -2.17. The predicted octanol–water partition coefficient (Wildman–Crippen LogP) is 8.42. The first kappa shape index (κ1) is 27.7. The SMILES string of the molecule is CCOC(=O)C(=O)c1ccc(Oc2ccc([S+](c3ccc(C)cc3)c3ccc(Oc4ccccc4)cc3)cc2)cc1. The normalized spacial score (nSPS) is 11.4. The lowest BCUT2D eigenvalue weighted by Gasteiger charge is -2.11. The molecule has 0 N–H and O–H groups in total. The molecule has 0 bridgehead atoms. The molecule has 0 aliphatic rings. The van der Waals surface area contributed by atoms with E-state index in [4.69, 9.17) is 14.2 Å². The monoisotopic (exact) mass is 561 g/mol. The third-order valence-corrected chi connectivity index (χ3v) is 8.40. The lowest BCUT2D eigenvalue weighted by atomic mass is 10.1. The van der Waals surface area contributed by atoms with Gasteiger partial charge in [0, 0.05) is 5.56 Å². The standard InChI is InChI=1S/C35H29O5S/c1-3-38-35(37)34(36)26-11-13-28(14-12-26)40-30-17-23-33(24-18-30)41(31-19-9-25(2)10-20-31)32-21-15-29(16-22-32)39-27-7-5-4-6-8-27/h4-24H,3H2,1-2H3/q+1. The molecule has 41 heavy (non-hydrogen) atoms. The molecule has 0 fully saturated rings. The summed E-state index contributed by atoms with van der Waals surface area (Å²) >= 11 is 0. The highest BCUT2D eigenvalue weighted by atomic mass is 32.2. The van der Waals surface area contributed by atoms with Crippen LogP contribution in [-0.4, -0.2) is 18.4 Å². The molecule has 1 atom stereocenters. The number of rotatable bonds is 10. The van der Waals surface area contributed by atoms with Gasteiger partial charge in [0.2, 0.25) is 0 Å². The highest BCUT2D eigenvalue weighted by Crippen LogP contribution is 2.34. The number of hydrogen-bond donors (Lipinski definition) is 0. The number of ether oxygens (including phenoxy) is 3. The number of benzene rings is 5. The van der Waals surface area contributed by atoms with Crippen LogP contribution in [0.5, 0.6) is 23.0 Å². The van der Waals surface area contributed by atoms with Crippen molar-refractivity contribution in [2.75, 3.05) is 6.61 Å². The molecule has 204 valence electrons. The third kappa shape index (κ3) is 7.04. The first-order valence-corrected chi connectivity index (χ1v) is 14.5. The first-order valence-electron chi connectivity index (χ1n) is 13.2. The Morgan fingerprint density at radius 1 is 0.561 bits per heavy atom. The molecule has 1 unspecified atom stereocenters. The molecule has 6 heteroatoms. The Labute approximate surface area is 242 Å². The van der Waals surface area contributed by atoms with Gasteiger partial charge in [-0.15, -0.1) is 0 Å². The fourth-order valence-corrected chi connectivity index (χ4v) is 6.16. The van der Waals surface area contributed by atoms with Crippen molar-refractivity contribution >= 4 is 22.6 Å². The second kappa shape index (κ2) is 13.0. The average molecular weight is 562 g/mol. The Morgan fingerprint density at radius 3 is 1.44 bits per heavy atom. The van der Waals surface area contributed by atoms with Gasteiger partial charge >= 0.3 is 5.97 Å². The van der Waals surface area contributed by atoms with Gasteiger partial charge in [0.25, 0.3) is 5.78 Å². The fourth-order valence-electron chi connectivity index (χ4n) is 4.12. The molecule has 0 aliphatic heterocycles. The summed E-state index contributed by atoms with van der Waals surface area (Å²) in [6, 6.07) is 41.1. The van der Waals surface area contributed by atoms with Crippen molar-refractivity contribution in [3.8, 4) is 23.0 Å². The van der Waals surface area contributed by atoms with E-state index in [-0.39, 0.29) is 23.1 Å². The summed E-state index contributed by atoms with van der Waals surface area (Å²) in [6.07, 6.45) is 0. The van der Waals surface area contributed by atoms with Crippen LogP contribution in [-0.2, 0) is 20.4 Å². The minimum absolute atomic E-state index is 0.154. The van der Waals surface area contributed by atoms with Gasteiger partial charge in [-0.25, -0.2) is 4.79 Å². The van der Waals surface area contributed by atoms with E-state index in [1.54, 1.807) is 31.2 Å². The minimum Gasteiger partial charge on any atom is -0.460 e. The molecule has 0 spiro atoms. The van der Waals surface area contributed by atoms with E-state index in [0.717, 1.165) is 16.4 Å². The zero-order valence-electron chi connectivity index (χ0n) is 22.8. The number of aryl methyl sites for hydroxylation is 1. The first-order chi connectivity index (χ1) is 20.0. The summed E-state index contributed by atoms with van der Waals surface area (Å²) in [4.78, 5) is 27.4. The maximum atomic E-state index is 12.1. The molecule has 5 aromatic carbocycles. The smallest absolute Gasteiger partial charge is 0.379 e. The Kier molecular flexibility index (Phi) is 8.82. The van der Waals surface area contributed by atoms with Gasteiger partial charge in [0.1, 0.15) is 23.0 Å². The molecule has 5 aromatic rings. The van der Waals surface area contributed by atoms with E-state index in [1.165, 1.54) is 15.4 Å². The van der Waals surface area contributed by atoms with Gasteiger partial charge in [-0.05, 0) is 111 Å². The van der Waals surface area contributed by atoms with Crippen LogP contribution in [0.1, 0.15) is 22.8 Å². The Morgan fingerprint density at radius 2 is 0.976 bits per heavy atom. The number of carbonyl (C=O) groups excluding carboxylic acids is 2. The minimum atomic E-state index is -0.862. The average Bonchev–Trinajstić information content (AvgIpc) is 3.01. The van der Waals surface area contributed by atoms with Crippen LogP contribution in [0.25, 0.3) is 0 Å². The van der Waals surface area contributed by atoms with E-state index >= 15 is 0 Å². The molecule has 0 radical (unpaired) electrons. The third-order valence-electron chi connectivity index (χ3n) is 6.17. The summed E-state index contributed by atoms with van der Waals surface area (Å²) in [7, 11) is -0.340. The van der Waals surface area contributed by atoms with E-state index in [1.807, 2.05) is 54.6 Å². The van der Waals surface area contributed by atoms with Gasteiger partial charge in [-0.2, -0.15) is 0 Å². The van der Waals surface area contributed by atoms with Crippen molar-refractivity contribution in [3.63, 3.8) is 0 Å². The number of ketones is 1. The fraction of sp³-hybridized carbons (Fsp3) is 0.0857. The summed E-state index contributed by atoms with van der Waals surface area (Å²) in [5.74, 6) is 1.27. The molecular weight excluding hydrogens is 532 g/mol. The van der Waals surface area contributed by atoms with Crippen LogP contribution in [0.2, 0.25) is 0 Å². The van der Waals surface area contributed by atoms with Crippen molar-refractivity contribution in [1.82, 2.24) is 0 Å². The predicted molar refractivity (Wildman–Crippen MR) is 160 cm³/mol. The van der Waals surface area contributed by atoms with Crippen molar-refractivity contribution in [2.24, 2.45) is 0 Å². The van der Waals surface area contributed by atoms with E-state index in [9.17, 15) is 9.59 Å². The van der Waals surface area contributed by atoms with Gasteiger partial charge in [0.15, 0.2) is 14.7 Å². The molecule has 0 heterocycles. The molecular formula is C35H29O5S+. The van der Waals surface area contributed by atoms with Crippen molar-refractivity contribution in [1.29, 1.82) is 0 Å². The lowest BCUT2D eigenvalue weighted by molar-refractivity contribution is -0.137. The van der Waals surface area contributed by atoms with Crippen LogP contribution in [0.4, 0.5) is 0 Å². The summed E-state index contributed by atoms with van der Waals surface area (Å²) in [5.41, 5.74) is 1.47. The Hall–Kier alpha value is -4.81. The van der Waals surface area contributed by atoms with E-state index in [2.05, 4.69) is 55.5 Å². The van der Waals surface area contributed by atoms with Crippen LogP contribution in [0.3, 0.4) is 0 Å². The number of esters is 1.